The van der Waals surface area contributed by atoms with E-state index in [0.717, 1.165) is 22.4 Å². The van der Waals surface area contributed by atoms with Crippen LogP contribution in [0.3, 0.4) is 0 Å². The normalized spacial score (nSPS) is 14.4. The molecule has 1 N–H and O–H groups in total. The monoisotopic (exact) mass is 354 g/mol. The summed E-state index contributed by atoms with van der Waals surface area (Å²) in [6.07, 6.45) is 0.597. The zero-order chi connectivity index (χ0) is 18.0. The molecule has 128 valence electrons. The summed E-state index contributed by atoms with van der Waals surface area (Å²) in [5, 5.41) is 2.97. The molecular weight excluding hydrogens is 336 g/mol. The molecule has 1 aliphatic heterocycles. The van der Waals surface area contributed by atoms with Crippen LogP contribution in [0.5, 0.6) is 0 Å². The molecule has 25 heavy (non-hydrogen) atoms. The Bertz CT molecular complexity index is 859. The fourth-order valence-electron chi connectivity index (χ4n) is 2.83. The molecule has 0 saturated heterocycles. The molecule has 0 spiro atoms. The quantitative estimate of drug-likeness (QED) is 0.831. The number of carbonyl (C=O) groups excluding carboxylic acids is 2. The number of amides is 2. The minimum absolute atomic E-state index is 0.0574. The zero-order valence-corrected chi connectivity index (χ0v) is 14.9. The molecule has 0 aliphatic carbocycles. The van der Waals surface area contributed by atoms with Crippen molar-refractivity contribution in [2.75, 3.05) is 11.9 Å². The number of hydrogen-bond donors (Lipinski definition) is 1. The number of aryl methyl sites for hydroxylation is 2. The van der Waals surface area contributed by atoms with E-state index >= 15 is 0 Å². The first kappa shape index (κ1) is 17.2. The van der Waals surface area contributed by atoms with Gasteiger partial charge in [0, 0.05) is 12.2 Å². The summed E-state index contributed by atoms with van der Waals surface area (Å²) in [6, 6.07) is 15.6. The number of anilines is 1. The fraction of sp³-hybridized carbons (Fsp3) is 0.200. The smallest absolute Gasteiger partial charge is 0.278 e. The highest BCUT2D eigenvalue weighted by Crippen LogP contribution is 2.27. The number of rotatable bonds is 5. The molecule has 4 nitrogen and oxygen atoms in total. The Labute approximate surface area is 152 Å². The van der Waals surface area contributed by atoms with Gasteiger partial charge in [0.05, 0.1) is 0 Å². The minimum atomic E-state index is -0.449. The summed E-state index contributed by atoms with van der Waals surface area (Å²) in [4.78, 5) is 26.2. The highest BCUT2D eigenvalue weighted by Gasteiger charge is 2.37. The number of halogens is 1. The molecule has 0 radical (unpaired) electrons. The Hall–Kier alpha value is -2.59. The number of nitrogens with one attached hydrogen (secondary N) is 1. The van der Waals surface area contributed by atoms with E-state index in [1.165, 1.54) is 4.90 Å². The molecule has 3 rings (SSSR count). The van der Waals surface area contributed by atoms with Gasteiger partial charge < -0.3 is 5.32 Å². The van der Waals surface area contributed by atoms with Crippen molar-refractivity contribution in [3.05, 3.63) is 76.0 Å². The first-order chi connectivity index (χ1) is 12.0. The van der Waals surface area contributed by atoms with Crippen LogP contribution in [-0.4, -0.2) is 23.3 Å². The summed E-state index contributed by atoms with van der Waals surface area (Å²) in [5.41, 5.74) is 4.09. The Morgan fingerprint density at radius 3 is 2.40 bits per heavy atom. The van der Waals surface area contributed by atoms with E-state index in [1.54, 1.807) is 0 Å². The average molecular weight is 355 g/mol. The van der Waals surface area contributed by atoms with Crippen molar-refractivity contribution in [3.63, 3.8) is 0 Å². The summed E-state index contributed by atoms with van der Waals surface area (Å²) in [7, 11) is 0. The lowest BCUT2D eigenvalue weighted by Gasteiger charge is -2.15. The second kappa shape index (κ2) is 7.11. The zero-order valence-electron chi connectivity index (χ0n) is 14.2. The van der Waals surface area contributed by atoms with Crippen molar-refractivity contribution in [3.8, 4) is 0 Å². The van der Waals surface area contributed by atoms with Crippen molar-refractivity contribution in [1.82, 2.24) is 4.90 Å². The van der Waals surface area contributed by atoms with Gasteiger partial charge in [-0.3, -0.25) is 14.5 Å². The molecule has 0 aromatic heterocycles. The van der Waals surface area contributed by atoms with E-state index in [0.29, 0.717) is 13.0 Å². The third-order valence-corrected chi connectivity index (χ3v) is 4.57. The Morgan fingerprint density at radius 2 is 1.72 bits per heavy atom. The van der Waals surface area contributed by atoms with Crippen molar-refractivity contribution in [2.45, 2.75) is 20.3 Å². The molecule has 0 unspecified atom stereocenters. The standard InChI is InChI=1S/C20H19ClN2O2/c1-13-8-9-16(14(2)12-13)22-18-17(21)19(24)23(20(18)25)11-10-15-6-4-3-5-7-15/h3-9,12,22H,10-11H2,1-2H3. The maximum Gasteiger partial charge on any atom is 0.278 e. The third-order valence-electron chi connectivity index (χ3n) is 4.22. The van der Waals surface area contributed by atoms with Crippen LogP contribution in [0.2, 0.25) is 0 Å². The van der Waals surface area contributed by atoms with Crippen LogP contribution in [0, 0.1) is 13.8 Å². The molecule has 5 heteroatoms. The molecule has 1 heterocycles. The lowest BCUT2D eigenvalue weighted by molar-refractivity contribution is -0.137. The van der Waals surface area contributed by atoms with Gasteiger partial charge >= 0.3 is 0 Å². The third kappa shape index (κ3) is 3.59. The number of carbonyl (C=O) groups is 2. The summed E-state index contributed by atoms with van der Waals surface area (Å²) >= 11 is 6.14. The molecule has 2 aromatic carbocycles. The lowest BCUT2D eigenvalue weighted by Crippen LogP contribution is -2.34. The second-order valence-corrected chi connectivity index (χ2v) is 6.51. The highest BCUT2D eigenvalue weighted by atomic mass is 35.5. The van der Waals surface area contributed by atoms with Gasteiger partial charge in [0.25, 0.3) is 11.8 Å². The number of benzene rings is 2. The van der Waals surface area contributed by atoms with Gasteiger partial charge in [-0.1, -0.05) is 59.6 Å². The van der Waals surface area contributed by atoms with E-state index in [9.17, 15) is 9.59 Å². The van der Waals surface area contributed by atoms with Crippen molar-refractivity contribution in [2.24, 2.45) is 0 Å². The lowest BCUT2D eigenvalue weighted by atomic mass is 10.1. The SMILES string of the molecule is Cc1ccc(NC2=C(Cl)C(=O)N(CCc3ccccc3)C2=O)c(C)c1. The Kier molecular flexibility index (Phi) is 4.91. The molecule has 2 aromatic rings. The first-order valence-corrected chi connectivity index (χ1v) is 8.49. The van der Waals surface area contributed by atoms with Crippen molar-refractivity contribution in [1.29, 1.82) is 0 Å². The van der Waals surface area contributed by atoms with E-state index in [4.69, 9.17) is 11.6 Å². The summed E-state index contributed by atoms with van der Waals surface area (Å²) in [5.74, 6) is -0.833. The minimum Gasteiger partial charge on any atom is -0.349 e. The van der Waals surface area contributed by atoms with Gasteiger partial charge in [0.15, 0.2) is 0 Å². The molecule has 2 amide bonds. The maximum atomic E-state index is 12.6. The van der Waals surface area contributed by atoms with Crippen LogP contribution < -0.4 is 5.32 Å². The topological polar surface area (TPSA) is 49.4 Å². The Morgan fingerprint density at radius 1 is 1.00 bits per heavy atom. The van der Waals surface area contributed by atoms with E-state index in [-0.39, 0.29) is 16.6 Å². The maximum absolute atomic E-state index is 12.6. The van der Waals surface area contributed by atoms with E-state index in [1.807, 2.05) is 62.4 Å². The second-order valence-electron chi connectivity index (χ2n) is 6.13. The predicted octanol–water partition coefficient (Wildman–Crippen LogP) is 3.78. The van der Waals surface area contributed by atoms with Crippen molar-refractivity contribution < 1.29 is 9.59 Å². The van der Waals surface area contributed by atoms with E-state index in [2.05, 4.69) is 5.32 Å². The van der Waals surface area contributed by atoms with Crippen LogP contribution in [0.1, 0.15) is 16.7 Å². The van der Waals surface area contributed by atoms with Crippen LogP contribution >= 0.6 is 11.6 Å². The van der Waals surface area contributed by atoms with Gasteiger partial charge in [0.1, 0.15) is 10.7 Å². The Balaban J connectivity index is 1.75. The van der Waals surface area contributed by atoms with Gasteiger partial charge in [-0.25, -0.2) is 0 Å². The van der Waals surface area contributed by atoms with Crippen LogP contribution in [-0.2, 0) is 16.0 Å². The number of hydrogen-bond acceptors (Lipinski definition) is 3. The van der Waals surface area contributed by atoms with Gasteiger partial charge in [-0.15, -0.1) is 0 Å². The fourth-order valence-corrected chi connectivity index (χ4v) is 3.06. The predicted molar refractivity (Wildman–Crippen MR) is 99.3 cm³/mol. The van der Waals surface area contributed by atoms with E-state index < -0.39 is 5.91 Å². The summed E-state index contributed by atoms with van der Waals surface area (Å²) in [6.45, 7) is 4.24. The number of imide groups is 1. The molecular formula is C20H19ClN2O2. The van der Waals surface area contributed by atoms with Gasteiger partial charge in [0.2, 0.25) is 0 Å². The number of nitrogens with zero attached hydrogens (tertiary/aromatic N) is 1. The van der Waals surface area contributed by atoms with Crippen molar-refractivity contribution >= 4 is 29.1 Å². The first-order valence-electron chi connectivity index (χ1n) is 8.11. The van der Waals surface area contributed by atoms with Gasteiger partial charge in [-0.2, -0.15) is 0 Å². The summed E-state index contributed by atoms with van der Waals surface area (Å²) < 4.78 is 0. The molecule has 0 fully saturated rings. The van der Waals surface area contributed by atoms with Crippen LogP contribution in [0.25, 0.3) is 0 Å². The molecule has 1 aliphatic rings. The van der Waals surface area contributed by atoms with Gasteiger partial charge in [-0.05, 0) is 37.5 Å². The van der Waals surface area contributed by atoms with Crippen LogP contribution in [0.4, 0.5) is 5.69 Å². The largest absolute Gasteiger partial charge is 0.349 e. The highest BCUT2D eigenvalue weighted by molar-refractivity contribution is 6.48. The van der Waals surface area contributed by atoms with Crippen LogP contribution in [0.15, 0.2) is 59.3 Å². The molecule has 0 bridgehead atoms. The average Bonchev–Trinajstić information content (AvgIpc) is 2.80. The molecule has 0 saturated carbocycles. The molecule has 0 atom stereocenters.